The molecule has 0 radical (unpaired) electrons. The number of anilines is 2. The van der Waals surface area contributed by atoms with Crippen molar-refractivity contribution in [3.63, 3.8) is 0 Å². The van der Waals surface area contributed by atoms with Crippen molar-refractivity contribution in [2.24, 2.45) is 0 Å². The second-order valence-corrected chi connectivity index (χ2v) is 7.28. The summed E-state index contributed by atoms with van der Waals surface area (Å²) < 4.78 is 0.938. The van der Waals surface area contributed by atoms with Crippen LogP contribution in [0.25, 0.3) is 10.2 Å². The van der Waals surface area contributed by atoms with Crippen molar-refractivity contribution in [3.8, 4) is 6.07 Å². The molecular weight excluding hydrogens is 370 g/mol. The fraction of sp³-hybridized carbons (Fsp3) is 0.167. The van der Waals surface area contributed by atoms with Gasteiger partial charge < -0.3 is 4.90 Å². The molecule has 0 bridgehead atoms. The van der Waals surface area contributed by atoms with Gasteiger partial charge in [0.15, 0.2) is 5.13 Å². The summed E-state index contributed by atoms with van der Waals surface area (Å²) in [6.45, 7) is 1.42. The molecule has 1 aromatic heterocycles. The number of benzene rings is 2. The molecule has 4 rings (SSSR count). The molecule has 1 saturated heterocycles. The van der Waals surface area contributed by atoms with Crippen LogP contribution in [0.5, 0.6) is 0 Å². The topological polar surface area (TPSA) is 72.3 Å². The summed E-state index contributed by atoms with van der Waals surface area (Å²) in [7, 11) is 0. The first-order chi connectivity index (χ1) is 12.6. The SMILES string of the molecule is N#Cc1ccc2nc(NN3CCN(c4ccccc4Cl)C(=O)C3)sc2c1. The molecule has 0 spiro atoms. The quantitative estimate of drug-likeness (QED) is 0.749. The van der Waals surface area contributed by atoms with Crippen molar-refractivity contribution in [2.45, 2.75) is 0 Å². The number of hydrazine groups is 1. The minimum Gasteiger partial charge on any atom is -0.308 e. The van der Waals surface area contributed by atoms with Gasteiger partial charge in [0.1, 0.15) is 0 Å². The van der Waals surface area contributed by atoms with Gasteiger partial charge in [-0.1, -0.05) is 35.1 Å². The van der Waals surface area contributed by atoms with E-state index in [9.17, 15) is 4.79 Å². The number of halogens is 1. The molecule has 3 aromatic rings. The van der Waals surface area contributed by atoms with Gasteiger partial charge in [-0.15, -0.1) is 0 Å². The summed E-state index contributed by atoms with van der Waals surface area (Å²) in [6, 6.07) is 14.9. The lowest BCUT2D eigenvalue weighted by molar-refractivity contribution is -0.120. The normalized spacial score (nSPS) is 15.2. The van der Waals surface area contributed by atoms with Crippen molar-refractivity contribution >= 4 is 49.9 Å². The number of thiazole rings is 1. The molecule has 130 valence electrons. The van der Waals surface area contributed by atoms with Gasteiger partial charge in [0.2, 0.25) is 5.91 Å². The first-order valence-electron chi connectivity index (χ1n) is 8.01. The van der Waals surface area contributed by atoms with E-state index in [4.69, 9.17) is 16.9 Å². The van der Waals surface area contributed by atoms with Gasteiger partial charge in [-0.25, -0.2) is 9.99 Å². The van der Waals surface area contributed by atoms with Crippen LogP contribution < -0.4 is 10.3 Å². The van der Waals surface area contributed by atoms with Crippen LogP contribution in [0.4, 0.5) is 10.8 Å². The van der Waals surface area contributed by atoms with Crippen molar-refractivity contribution in [1.82, 2.24) is 9.99 Å². The van der Waals surface area contributed by atoms with Crippen LogP contribution in [0.3, 0.4) is 0 Å². The average Bonchev–Trinajstić information content (AvgIpc) is 3.04. The molecule has 0 unspecified atom stereocenters. The van der Waals surface area contributed by atoms with Crippen molar-refractivity contribution < 1.29 is 4.79 Å². The molecule has 26 heavy (non-hydrogen) atoms. The van der Waals surface area contributed by atoms with Crippen LogP contribution in [0.1, 0.15) is 5.56 Å². The van der Waals surface area contributed by atoms with E-state index in [2.05, 4.69) is 16.5 Å². The van der Waals surface area contributed by atoms with Crippen LogP contribution in [0.2, 0.25) is 5.02 Å². The minimum atomic E-state index is -0.0234. The van der Waals surface area contributed by atoms with Gasteiger partial charge in [0, 0.05) is 13.1 Å². The van der Waals surface area contributed by atoms with Crippen molar-refractivity contribution in [2.75, 3.05) is 30.0 Å². The molecule has 1 aliphatic rings. The number of carbonyl (C=O) groups excluding carboxylic acids is 1. The van der Waals surface area contributed by atoms with Crippen molar-refractivity contribution in [3.05, 3.63) is 53.1 Å². The summed E-state index contributed by atoms with van der Waals surface area (Å²) in [5.74, 6) is -0.0234. The summed E-state index contributed by atoms with van der Waals surface area (Å²) in [4.78, 5) is 18.8. The zero-order valence-electron chi connectivity index (χ0n) is 13.6. The Morgan fingerprint density at radius 3 is 2.85 bits per heavy atom. The number of amides is 1. The minimum absolute atomic E-state index is 0.0234. The predicted molar refractivity (Wildman–Crippen MR) is 103 cm³/mol. The third-order valence-corrected chi connectivity index (χ3v) is 5.38. The highest BCUT2D eigenvalue weighted by atomic mass is 35.5. The Bertz CT molecular complexity index is 1030. The van der Waals surface area contributed by atoms with Crippen molar-refractivity contribution in [1.29, 1.82) is 5.26 Å². The lowest BCUT2D eigenvalue weighted by atomic mass is 10.2. The second-order valence-electron chi connectivity index (χ2n) is 5.84. The number of carbonyl (C=O) groups is 1. The second kappa shape index (κ2) is 6.92. The molecule has 2 aromatic carbocycles. The maximum Gasteiger partial charge on any atom is 0.243 e. The molecule has 1 N–H and O–H groups in total. The zero-order chi connectivity index (χ0) is 18.1. The average molecular weight is 384 g/mol. The highest BCUT2D eigenvalue weighted by Crippen LogP contribution is 2.29. The number of piperazine rings is 1. The molecule has 2 heterocycles. The van der Waals surface area contributed by atoms with Gasteiger partial charge in [-0.05, 0) is 30.3 Å². The van der Waals surface area contributed by atoms with E-state index in [1.54, 1.807) is 17.0 Å². The highest BCUT2D eigenvalue weighted by Gasteiger charge is 2.26. The van der Waals surface area contributed by atoms with E-state index in [0.29, 0.717) is 28.8 Å². The van der Waals surface area contributed by atoms with Gasteiger partial charge in [0.25, 0.3) is 0 Å². The lowest BCUT2D eigenvalue weighted by Crippen LogP contribution is -2.52. The largest absolute Gasteiger partial charge is 0.308 e. The lowest BCUT2D eigenvalue weighted by Gasteiger charge is -2.34. The number of hydrogen-bond acceptors (Lipinski definition) is 6. The van der Waals surface area contributed by atoms with E-state index >= 15 is 0 Å². The zero-order valence-corrected chi connectivity index (χ0v) is 15.2. The Labute approximate surface area is 159 Å². The van der Waals surface area contributed by atoms with E-state index in [1.807, 2.05) is 35.3 Å². The molecule has 1 aliphatic heterocycles. The van der Waals surface area contributed by atoms with E-state index < -0.39 is 0 Å². The molecule has 8 heteroatoms. The first-order valence-corrected chi connectivity index (χ1v) is 9.21. The Morgan fingerprint density at radius 2 is 2.08 bits per heavy atom. The molecule has 0 saturated carbocycles. The maximum atomic E-state index is 12.5. The Morgan fingerprint density at radius 1 is 1.23 bits per heavy atom. The number of rotatable bonds is 3. The number of hydrogen-bond donors (Lipinski definition) is 1. The van der Waals surface area contributed by atoms with Crippen LogP contribution in [-0.4, -0.2) is 35.5 Å². The Hall–Kier alpha value is -2.66. The Kier molecular flexibility index (Phi) is 4.47. The van der Waals surface area contributed by atoms with E-state index in [1.165, 1.54) is 11.3 Å². The van der Waals surface area contributed by atoms with E-state index in [-0.39, 0.29) is 12.5 Å². The van der Waals surface area contributed by atoms with Crippen LogP contribution in [0, 0.1) is 11.3 Å². The first kappa shape index (κ1) is 16.8. The summed E-state index contributed by atoms with van der Waals surface area (Å²) in [5, 5.41) is 12.1. The number of fused-ring (bicyclic) bond motifs is 1. The van der Waals surface area contributed by atoms with E-state index in [0.717, 1.165) is 15.9 Å². The number of nitrogens with one attached hydrogen (secondary N) is 1. The van der Waals surface area contributed by atoms with Gasteiger partial charge in [0.05, 0.1) is 39.1 Å². The van der Waals surface area contributed by atoms with Crippen LogP contribution in [-0.2, 0) is 4.79 Å². The third-order valence-electron chi connectivity index (χ3n) is 4.14. The Balaban J connectivity index is 1.47. The standard InChI is InChI=1S/C18H14ClN5OS/c19-13-3-1-2-4-15(13)24-8-7-23(11-17(24)25)22-18-21-14-6-5-12(10-20)9-16(14)26-18/h1-6,9H,7-8,11H2,(H,21,22). The molecule has 1 amide bonds. The number of aromatic nitrogens is 1. The summed E-state index contributed by atoms with van der Waals surface area (Å²) >= 11 is 7.66. The maximum absolute atomic E-state index is 12.5. The monoisotopic (exact) mass is 383 g/mol. The van der Waals surface area contributed by atoms with Gasteiger partial charge >= 0.3 is 0 Å². The van der Waals surface area contributed by atoms with Gasteiger partial charge in [-0.3, -0.25) is 10.2 Å². The highest BCUT2D eigenvalue weighted by molar-refractivity contribution is 7.22. The molecule has 1 fully saturated rings. The van der Waals surface area contributed by atoms with Crippen LogP contribution >= 0.6 is 22.9 Å². The fourth-order valence-electron chi connectivity index (χ4n) is 2.87. The molecule has 6 nitrogen and oxygen atoms in total. The summed E-state index contributed by atoms with van der Waals surface area (Å²) in [6.07, 6.45) is 0. The predicted octanol–water partition coefficient (Wildman–Crippen LogP) is 3.50. The fourth-order valence-corrected chi connectivity index (χ4v) is 4.04. The van der Waals surface area contributed by atoms with Gasteiger partial charge in [-0.2, -0.15) is 5.26 Å². The molecule has 0 atom stereocenters. The molecule has 0 aliphatic carbocycles. The smallest absolute Gasteiger partial charge is 0.243 e. The third kappa shape index (κ3) is 3.22. The number of para-hydroxylation sites is 1. The summed E-state index contributed by atoms with van der Waals surface area (Å²) in [5.41, 5.74) is 5.38. The van der Waals surface area contributed by atoms with Crippen LogP contribution in [0.15, 0.2) is 42.5 Å². The number of nitriles is 1. The molecular formula is C18H14ClN5OS. The number of nitrogens with zero attached hydrogens (tertiary/aromatic N) is 4.